The molecule has 0 saturated carbocycles. The van der Waals surface area contributed by atoms with E-state index in [1.54, 1.807) is 18.2 Å². The van der Waals surface area contributed by atoms with Crippen molar-refractivity contribution in [3.8, 4) is 11.5 Å². The van der Waals surface area contributed by atoms with Gasteiger partial charge < -0.3 is 14.5 Å². The molecule has 0 aliphatic heterocycles. The first kappa shape index (κ1) is 20.9. The predicted molar refractivity (Wildman–Crippen MR) is 116 cm³/mol. The number of hydrogen-bond acceptors (Lipinski definition) is 8. The fourth-order valence-electron chi connectivity index (χ4n) is 3.27. The molecule has 1 amide bonds. The molecule has 4 rings (SSSR count). The number of thioether (sulfide) groups is 1. The Kier molecular flexibility index (Phi) is 6.40. The fraction of sp³-hybridized carbons (Fsp3) is 0.300. The van der Waals surface area contributed by atoms with Crippen LogP contribution in [0.5, 0.6) is 0 Å². The second kappa shape index (κ2) is 9.20. The van der Waals surface area contributed by atoms with Crippen LogP contribution in [-0.4, -0.2) is 34.9 Å². The van der Waals surface area contributed by atoms with Gasteiger partial charge in [-0.05, 0) is 49.4 Å². The Bertz CT molecular complexity index is 1100. The molecule has 10 heteroatoms. The molecule has 2 aromatic heterocycles. The van der Waals surface area contributed by atoms with Crippen molar-refractivity contribution in [1.29, 1.82) is 0 Å². The van der Waals surface area contributed by atoms with Gasteiger partial charge in [0.1, 0.15) is 5.00 Å². The minimum absolute atomic E-state index is 0.0698. The molecule has 1 aromatic carbocycles. The van der Waals surface area contributed by atoms with Gasteiger partial charge in [0, 0.05) is 15.5 Å². The number of halogens is 1. The first-order valence-corrected chi connectivity index (χ1v) is 11.5. The zero-order valence-corrected chi connectivity index (χ0v) is 18.5. The van der Waals surface area contributed by atoms with Crippen LogP contribution >= 0.6 is 34.7 Å². The van der Waals surface area contributed by atoms with Crippen molar-refractivity contribution >= 4 is 51.6 Å². The van der Waals surface area contributed by atoms with E-state index in [-0.39, 0.29) is 16.9 Å². The number of carbonyl (C=O) groups is 2. The molecule has 3 aromatic rings. The molecule has 7 nitrogen and oxygen atoms in total. The maximum absolute atomic E-state index is 12.5. The quantitative estimate of drug-likeness (QED) is 0.412. The van der Waals surface area contributed by atoms with Crippen LogP contribution in [0.3, 0.4) is 0 Å². The molecule has 0 radical (unpaired) electrons. The number of benzene rings is 1. The number of carbonyl (C=O) groups excluding carboxylic acids is 2. The number of ether oxygens (including phenoxy) is 1. The molecule has 0 fully saturated rings. The van der Waals surface area contributed by atoms with E-state index >= 15 is 0 Å². The van der Waals surface area contributed by atoms with Crippen LogP contribution in [0.4, 0.5) is 5.00 Å². The summed E-state index contributed by atoms with van der Waals surface area (Å²) in [4.78, 5) is 25.9. The smallest absolute Gasteiger partial charge is 0.341 e. The zero-order chi connectivity index (χ0) is 21.1. The lowest BCUT2D eigenvalue weighted by Crippen LogP contribution is -2.16. The summed E-state index contributed by atoms with van der Waals surface area (Å²) in [5.41, 5.74) is 2.19. The van der Waals surface area contributed by atoms with Crippen molar-refractivity contribution < 1.29 is 18.7 Å². The molecule has 1 N–H and O–H groups in total. The van der Waals surface area contributed by atoms with Crippen molar-refractivity contribution in [3.63, 3.8) is 0 Å². The second-order valence-electron chi connectivity index (χ2n) is 6.63. The van der Waals surface area contributed by atoms with E-state index in [1.165, 1.54) is 18.4 Å². The highest BCUT2D eigenvalue weighted by Gasteiger charge is 2.27. The van der Waals surface area contributed by atoms with E-state index in [1.807, 2.05) is 6.07 Å². The highest BCUT2D eigenvalue weighted by Crippen LogP contribution is 2.38. The third kappa shape index (κ3) is 4.53. The largest absolute Gasteiger partial charge is 0.465 e. The number of esters is 1. The summed E-state index contributed by atoms with van der Waals surface area (Å²) in [6, 6.07) is 7.09. The summed E-state index contributed by atoms with van der Waals surface area (Å²) in [6.45, 7) is 0. The average molecular weight is 464 g/mol. The topological polar surface area (TPSA) is 94.3 Å². The first-order valence-electron chi connectivity index (χ1n) is 9.30. The van der Waals surface area contributed by atoms with Crippen LogP contribution in [0.2, 0.25) is 5.02 Å². The normalized spacial score (nSPS) is 13.0. The maximum Gasteiger partial charge on any atom is 0.341 e. The van der Waals surface area contributed by atoms with Crippen LogP contribution < -0.4 is 5.32 Å². The van der Waals surface area contributed by atoms with Gasteiger partial charge in [0.2, 0.25) is 11.8 Å². The summed E-state index contributed by atoms with van der Waals surface area (Å²) in [5, 5.41) is 12.2. The van der Waals surface area contributed by atoms with E-state index < -0.39 is 5.97 Å². The minimum Gasteiger partial charge on any atom is -0.465 e. The SMILES string of the molecule is COC(=O)c1c(NC(=O)CSc2nnc(-c3cccc(Cl)c3)o2)sc2c1CCCC2. The molecule has 156 valence electrons. The van der Waals surface area contributed by atoms with Gasteiger partial charge in [-0.25, -0.2) is 4.79 Å². The lowest BCUT2D eigenvalue weighted by Gasteiger charge is -2.11. The Balaban J connectivity index is 1.42. The number of nitrogens with zero attached hydrogens (tertiary/aromatic N) is 2. The summed E-state index contributed by atoms with van der Waals surface area (Å²) in [5.74, 6) is -0.272. The van der Waals surface area contributed by atoms with Crippen LogP contribution in [0.25, 0.3) is 11.5 Å². The Morgan fingerprint density at radius 1 is 1.30 bits per heavy atom. The highest BCUT2D eigenvalue weighted by atomic mass is 35.5. The number of rotatable bonds is 6. The van der Waals surface area contributed by atoms with E-state index in [0.717, 1.165) is 47.9 Å². The third-order valence-electron chi connectivity index (χ3n) is 4.62. The van der Waals surface area contributed by atoms with E-state index in [2.05, 4.69) is 15.5 Å². The van der Waals surface area contributed by atoms with Crippen molar-refractivity contribution in [2.24, 2.45) is 0 Å². The number of anilines is 1. The summed E-state index contributed by atoms with van der Waals surface area (Å²) in [7, 11) is 1.35. The van der Waals surface area contributed by atoms with Gasteiger partial charge in [-0.3, -0.25) is 4.79 Å². The standard InChI is InChI=1S/C20H18ClN3O4S2/c1-27-19(26)16-13-7-2-3-8-14(13)30-18(16)22-15(25)10-29-20-24-23-17(28-20)11-5-4-6-12(21)9-11/h4-6,9H,2-3,7-8,10H2,1H3,(H,22,25). The number of fused-ring (bicyclic) bond motifs is 1. The van der Waals surface area contributed by atoms with E-state index in [4.69, 9.17) is 20.8 Å². The van der Waals surface area contributed by atoms with Gasteiger partial charge >= 0.3 is 5.97 Å². The van der Waals surface area contributed by atoms with Crippen LogP contribution in [-0.2, 0) is 22.4 Å². The van der Waals surface area contributed by atoms with Gasteiger partial charge in [-0.15, -0.1) is 21.5 Å². The number of aryl methyl sites for hydroxylation is 1. The van der Waals surface area contributed by atoms with E-state index in [0.29, 0.717) is 27.0 Å². The molecule has 2 heterocycles. The first-order chi connectivity index (χ1) is 14.5. The van der Waals surface area contributed by atoms with Gasteiger partial charge in [-0.1, -0.05) is 29.4 Å². The average Bonchev–Trinajstić information content (AvgIpc) is 3.36. The molecule has 1 aliphatic carbocycles. The van der Waals surface area contributed by atoms with Crippen LogP contribution in [0.1, 0.15) is 33.6 Å². The number of hydrogen-bond donors (Lipinski definition) is 1. The Labute approximate surface area is 186 Å². The minimum atomic E-state index is -0.416. The molecule has 1 aliphatic rings. The Morgan fingerprint density at radius 2 is 2.13 bits per heavy atom. The van der Waals surface area contributed by atoms with Crippen molar-refractivity contribution in [2.45, 2.75) is 30.9 Å². The number of aromatic nitrogens is 2. The summed E-state index contributed by atoms with van der Waals surface area (Å²) in [6.07, 6.45) is 3.87. The molecule has 0 bridgehead atoms. The maximum atomic E-state index is 12.5. The Morgan fingerprint density at radius 3 is 2.93 bits per heavy atom. The van der Waals surface area contributed by atoms with Gasteiger partial charge in [0.15, 0.2) is 0 Å². The number of methoxy groups -OCH3 is 1. The van der Waals surface area contributed by atoms with Crippen molar-refractivity contribution in [3.05, 3.63) is 45.3 Å². The lowest BCUT2D eigenvalue weighted by atomic mass is 9.95. The number of thiophene rings is 1. The molecule has 30 heavy (non-hydrogen) atoms. The van der Waals surface area contributed by atoms with Gasteiger partial charge in [0.25, 0.3) is 5.22 Å². The highest BCUT2D eigenvalue weighted by molar-refractivity contribution is 7.99. The van der Waals surface area contributed by atoms with Crippen LogP contribution in [0.15, 0.2) is 33.9 Å². The predicted octanol–water partition coefficient (Wildman–Crippen LogP) is 4.85. The van der Waals surface area contributed by atoms with Gasteiger partial charge in [-0.2, -0.15) is 0 Å². The van der Waals surface area contributed by atoms with Crippen molar-refractivity contribution in [1.82, 2.24) is 10.2 Å². The van der Waals surface area contributed by atoms with Crippen LogP contribution in [0, 0.1) is 0 Å². The molecule has 0 unspecified atom stereocenters. The monoisotopic (exact) mass is 463 g/mol. The molecular formula is C20H18ClN3O4S2. The van der Waals surface area contributed by atoms with Crippen molar-refractivity contribution in [2.75, 3.05) is 18.2 Å². The molecule has 0 atom stereocenters. The number of amides is 1. The zero-order valence-electron chi connectivity index (χ0n) is 16.1. The molecule has 0 spiro atoms. The Hall–Kier alpha value is -2.36. The van der Waals surface area contributed by atoms with E-state index in [9.17, 15) is 9.59 Å². The van der Waals surface area contributed by atoms with Gasteiger partial charge in [0.05, 0.1) is 18.4 Å². The number of nitrogens with one attached hydrogen (secondary N) is 1. The lowest BCUT2D eigenvalue weighted by molar-refractivity contribution is -0.113. The third-order valence-corrected chi connectivity index (χ3v) is 6.88. The summed E-state index contributed by atoms with van der Waals surface area (Å²) >= 11 is 8.56. The summed E-state index contributed by atoms with van der Waals surface area (Å²) < 4.78 is 10.5. The fourth-order valence-corrected chi connectivity index (χ4v) is 5.32. The second-order valence-corrected chi connectivity index (χ2v) is 9.10. The molecular weight excluding hydrogens is 446 g/mol. The molecule has 0 saturated heterocycles.